The molecule has 2 atom stereocenters. The van der Waals surface area contributed by atoms with Gasteiger partial charge in [-0.1, -0.05) is 12.1 Å². The fraction of sp³-hybridized carbons (Fsp3) is 0.611. The normalized spacial score (nSPS) is 25.6. The molecule has 0 aliphatic carbocycles. The smallest absolute Gasteiger partial charge is 0.236 e. The Balaban J connectivity index is 1.70. The van der Waals surface area contributed by atoms with Gasteiger partial charge >= 0.3 is 0 Å². The van der Waals surface area contributed by atoms with Crippen molar-refractivity contribution in [3.63, 3.8) is 0 Å². The Kier molecular flexibility index (Phi) is 5.18. The Morgan fingerprint density at radius 2 is 2.09 bits per heavy atom. The number of β-amino-alcohol motifs (C(OH)–C–C–N with tert-alkyl or cyclic N) is 1. The molecule has 0 aromatic heterocycles. The molecule has 1 N–H and O–H groups in total. The number of methoxy groups -OCH3 is 1. The first-order chi connectivity index (χ1) is 11.2. The standard InChI is InChI=1S/C18H26N2O3/c1-23-16-7-5-6-14(10-16)17-11-15(21)12-20(17)13-18(22)19-8-3-2-4-9-19/h5-7,10,15,17,21H,2-4,8-9,11-13H2,1H3/t15-,17+/m0/s1. The van der Waals surface area contributed by atoms with E-state index in [-0.39, 0.29) is 18.1 Å². The molecule has 2 saturated heterocycles. The molecular weight excluding hydrogens is 292 g/mol. The van der Waals surface area contributed by atoms with Crippen LogP contribution in [-0.4, -0.2) is 60.2 Å². The van der Waals surface area contributed by atoms with Crippen molar-refractivity contribution in [3.8, 4) is 5.75 Å². The van der Waals surface area contributed by atoms with Gasteiger partial charge in [0.15, 0.2) is 0 Å². The lowest BCUT2D eigenvalue weighted by atomic mass is 10.0. The number of hydrogen-bond acceptors (Lipinski definition) is 4. The van der Waals surface area contributed by atoms with Gasteiger partial charge in [-0.3, -0.25) is 9.69 Å². The summed E-state index contributed by atoms with van der Waals surface area (Å²) < 4.78 is 5.30. The molecule has 2 aliphatic heterocycles. The van der Waals surface area contributed by atoms with Crippen molar-refractivity contribution in [1.82, 2.24) is 9.80 Å². The van der Waals surface area contributed by atoms with Crippen LogP contribution in [0.3, 0.4) is 0 Å². The molecule has 0 unspecified atom stereocenters. The highest BCUT2D eigenvalue weighted by atomic mass is 16.5. The minimum Gasteiger partial charge on any atom is -0.497 e. The summed E-state index contributed by atoms with van der Waals surface area (Å²) in [6.45, 7) is 2.69. The zero-order valence-corrected chi connectivity index (χ0v) is 13.8. The van der Waals surface area contributed by atoms with Crippen LogP contribution in [0.1, 0.15) is 37.3 Å². The van der Waals surface area contributed by atoms with Crippen molar-refractivity contribution in [2.24, 2.45) is 0 Å². The molecule has 0 saturated carbocycles. The summed E-state index contributed by atoms with van der Waals surface area (Å²) in [6, 6.07) is 8.00. The first-order valence-corrected chi connectivity index (χ1v) is 8.51. The van der Waals surface area contributed by atoms with Crippen LogP contribution in [0.15, 0.2) is 24.3 Å². The number of piperidine rings is 1. The van der Waals surface area contributed by atoms with Gasteiger partial charge in [0.1, 0.15) is 5.75 Å². The van der Waals surface area contributed by atoms with Crippen molar-refractivity contribution >= 4 is 5.91 Å². The SMILES string of the molecule is COc1cccc([C@H]2C[C@H](O)CN2CC(=O)N2CCCCC2)c1. The Bertz CT molecular complexity index is 543. The number of benzene rings is 1. The predicted molar refractivity (Wildman–Crippen MR) is 88.4 cm³/mol. The lowest BCUT2D eigenvalue weighted by molar-refractivity contribution is -0.133. The van der Waals surface area contributed by atoms with Gasteiger partial charge in [-0.05, 0) is 43.4 Å². The number of likely N-dealkylation sites (tertiary alicyclic amines) is 2. The highest BCUT2D eigenvalue weighted by Gasteiger charge is 2.34. The third-order valence-electron chi connectivity index (χ3n) is 4.91. The summed E-state index contributed by atoms with van der Waals surface area (Å²) in [5.74, 6) is 0.998. The third kappa shape index (κ3) is 3.85. The summed E-state index contributed by atoms with van der Waals surface area (Å²) in [6.07, 6.45) is 3.72. The van der Waals surface area contributed by atoms with Gasteiger partial charge < -0.3 is 14.7 Å². The maximum Gasteiger partial charge on any atom is 0.236 e. The number of aliphatic hydroxyl groups is 1. The van der Waals surface area contributed by atoms with E-state index in [1.54, 1.807) is 7.11 Å². The maximum atomic E-state index is 12.5. The van der Waals surface area contributed by atoms with Gasteiger partial charge in [0.2, 0.25) is 5.91 Å². The quantitative estimate of drug-likeness (QED) is 0.920. The molecule has 126 valence electrons. The largest absolute Gasteiger partial charge is 0.497 e. The van der Waals surface area contributed by atoms with Gasteiger partial charge in [-0.25, -0.2) is 0 Å². The third-order valence-corrected chi connectivity index (χ3v) is 4.91. The van der Waals surface area contributed by atoms with Crippen molar-refractivity contribution in [3.05, 3.63) is 29.8 Å². The van der Waals surface area contributed by atoms with Crippen molar-refractivity contribution in [2.45, 2.75) is 37.8 Å². The Morgan fingerprint density at radius 1 is 1.30 bits per heavy atom. The molecule has 1 aromatic carbocycles. The average molecular weight is 318 g/mol. The van der Waals surface area contributed by atoms with Crippen LogP contribution < -0.4 is 4.74 Å². The van der Waals surface area contributed by atoms with Gasteiger partial charge in [0.25, 0.3) is 0 Å². The molecule has 5 heteroatoms. The summed E-state index contributed by atoms with van der Waals surface area (Å²) in [4.78, 5) is 16.6. The molecule has 2 aliphatic rings. The molecule has 0 bridgehead atoms. The number of amides is 1. The van der Waals surface area contributed by atoms with Crippen LogP contribution in [0.5, 0.6) is 5.75 Å². The second-order valence-corrected chi connectivity index (χ2v) is 6.55. The van der Waals surface area contributed by atoms with E-state index < -0.39 is 0 Å². The zero-order chi connectivity index (χ0) is 16.2. The first-order valence-electron chi connectivity index (χ1n) is 8.51. The fourth-order valence-electron chi connectivity index (χ4n) is 3.67. The summed E-state index contributed by atoms with van der Waals surface area (Å²) in [5.41, 5.74) is 1.10. The second-order valence-electron chi connectivity index (χ2n) is 6.55. The van der Waals surface area contributed by atoms with E-state index in [1.807, 2.05) is 29.2 Å². The molecular formula is C18H26N2O3. The number of hydrogen-bond donors (Lipinski definition) is 1. The monoisotopic (exact) mass is 318 g/mol. The van der Waals surface area contributed by atoms with Crippen LogP contribution in [-0.2, 0) is 4.79 Å². The lowest BCUT2D eigenvalue weighted by Crippen LogP contribution is -2.42. The lowest BCUT2D eigenvalue weighted by Gasteiger charge is -2.30. The number of ether oxygens (including phenoxy) is 1. The van der Waals surface area contributed by atoms with E-state index in [4.69, 9.17) is 4.74 Å². The van der Waals surface area contributed by atoms with Gasteiger partial charge in [-0.15, -0.1) is 0 Å². The van der Waals surface area contributed by atoms with E-state index in [2.05, 4.69) is 4.90 Å². The van der Waals surface area contributed by atoms with Crippen LogP contribution in [0.25, 0.3) is 0 Å². The van der Waals surface area contributed by atoms with Crippen LogP contribution in [0.2, 0.25) is 0 Å². The number of carbonyl (C=O) groups excluding carboxylic acids is 1. The Morgan fingerprint density at radius 3 is 2.83 bits per heavy atom. The van der Waals surface area contributed by atoms with Gasteiger partial charge in [0.05, 0.1) is 19.8 Å². The van der Waals surface area contributed by atoms with Crippen LogP contribution in [0, 0.1) is 0 Å². The van der Waals surface area contributed by atoms with Crippen LogP contribution in [0.4, 0.5) is 0 Å². The molecule has 3 rings (SSSR count). The Hall–Kier alpha value is -1.59. The number of nitrogens with zero attached hydrogens (tertiary/aromatic N) is 2. The van der Waals surface area contributed by atoms with Gasteiger partial charge in [0, 0.05) is 25.7 Å². The number of carbonyl (C=O) groups is 1. The molecule has 23 heavy (non-hydrogen) atoms. The highest BCUT2D eigenvalue weighted by Crippen LogP contribution is 2.33. The second kappa shape index (κ2) is 7.32. The van der Waals surface area contributed by atoms with Crippen molar-refractivity contribution in [1.29, 1.82) is 0 Å². The minimum absolute atomic E-state index is 0.0776. The molecule has 1 aromatic rings. The van der Waals surface area contributed by atoms with E-state index in [0.717, 1.165) is 37.2 Å². The highest BCUT2D eigenvalue weighted by molar-refractivity contribution is 5.78. The summed E-state index contributed by atoms with van der Waals surface area (Å²) in [7, 11) is 1.65. The fourth-order valence-corrected chi connectivity index (χ4v) is 3.67. The number of rotatable bonds is 4. The first kappa shape index (κ1) is 16.3. The molecule has 0 spiro atoms. The minimum atomic E-state index is -0.375. The van der Waals surface area contributed by atoms with E-state index >= 15 is 0 Å². The summed E-state index contributed by atoms with van der Waals surface area (Å²) in [5, 5.41) is 10.1. The molecule has 2 fully saturated rings. The molecule has 0 radical (unpaired) electrons. The zero-order valence-electron chi connectivity index (χ0n) is 13.8. The predicted octanol–water partition coefficient (Wildman–Crippen LogP) is 1.82. The molecule has 2 heterocycles. The van der Waals surface area contributed by atoms with Crippen molar-refractivity contribution < 1.29 is 14.6 Å². The number of aliphatic hydroxyl groups excluding tert-OH is 1. The van der Waals surface area contributed by atoms with E-state index in [0.29, 0.717) is 19.5 Å². The van der Waals surface area contributed by atoms with E-state index in [9.17, 15) is 9.90 Å². The molecule has 5 nitrogen and oxygen atoms in total. The van der Waals surface area contributed by atoms with Crippen LogP contribution >= 0.6 is 0 Å². The average Bonchev–Trinajstić information content (AvgIpc) is 2.96. The van der Waals surface area contributed by atoms with Crippen molar-refractivity contribution in [2.75, 3.05) is 33.3 Å². The Labute approximate surface area is 137 Å². The molecule has 1 amide bonds. The maximum absolute atomic E-state index is 12.5. The van der Waals surface area contributed by atoms with Gasteiger partial charge in [-0.2, -0.15) is 0 Å². The van der Waals surface area contributed by atoms with E-state index in [1.165, 1.54) is 6.42 Å². The summed E-state index contributed by atoms with van der Waals surface area (Å²) >= 11 is 0. The topological polar surface area (TPSA) is 53.0 Å².